The van der Waals surface area contributed by atoms with Crippen molar-refractivity contribution in [1.82, 2.24) is 9.78 Å². The zero-order valence-corrected chi connectivity index (χ0v) is 13.3. The third-order valence-electron chi connectivity index (χ3n) is 5.62. The number of nitrogen functional groups attached to an aromatic ring is 1. The van der Waals surface area contributed by atoms with E-state index >= 15 is 0 Å². The van der Waals surface area contributed by atoms with E-state index in [1.807, 2.05) is 4.68 Å². The Hall–Kier alpha value is -1.04. The molecule has 0 radical (unpaired) electrons. The van der Waals surface area contributed by atoms with E-state index < -0.39 is 9.84 Å². The van der Waals surface area contributed by atoms with E-state index in [-0.39, 0.29) is 17.5 Å². The van der Waals surface area contributed by atoms with Crippen molar-refractivity contribution in [3.8, 4) is 0 Å². The lowest BCUT2D eigenvalue weighted by atomic mass is 9.95. The Kier molecular flexibility index (Phi) is 2.90. The number of hydrogen-bond donors (Lipinski definition) is 1. The van der Waals surface area contributed by atoms with Crippen molar-refractivity contribution in [2.75, 3.05) is 17.2 Å². The second kappa shape index (κ2) is 4.48. The first-order valence-electron chi connectivity index (χ1n) is 8.05. The molecule has 3 unspecified atom stereocenters. The van der Waals surface area contributed by atoms with Gasteiger partial charge in [-0.25, -0.2) is 13.1 Å². The molecule has 2 heterocycles. The van der Waals surface area contributed by atoms with E-state index in [1.54, 1.807) is 0 Å². The van der Waals surface area contributed by atoms with Gasteiger partial charge in [0, 0.05) is 11.5 Å². The van der Waals surface area contributed by atoms with Crippen LogP contribution in [0.5, 0.6) is 0 Å². The Bertz CT molecular complexity index is 669. The number of nitrogens with zero attached hydrogens (tertiary/aromatic N) is 2. The maximum absolute atomic E-state index is 11.7. The molecule has 0 aromatic carbocycles. The maximum atomic E-state index is 11.7. The lowest BCUT2D eigenvalue weighted by Gasteiger charge is -2.11. The molecule has 0 spiro atoms. The molecule has 1 aromatic rings. The molecule has 3 aliphatic rings. The molecule has 4 rings (SSSR count). The van der Waals surface area contributed by atoms with Gasteiger partial charge in [-0.2, -0.15) is 5.10 Å². The van der Waals surface area contributed by atoms with Crippen molar-refractivity contribution in [2.45, 2.75) is 51.0 Å². The first-order valence-corrected chi connectivity index (χ1v) is 9.87. The van der Waals surface area contributed by atoms with E-state index in [1.165, 1.54) is 19.3 Å². The topological polar surface area (TPSA) is 78.0 Å². The fourth-order valence-corrected chi connectivity index (χ4v) is 6.07. The Morgan fingerprint density at radius 2 is 2.00 bits per heavy atom. The third-order valence-corrected chi connectivity index (χ3v) is 7.37. The molecule has 6 heteroatoms. The predicted octanol–water partition coefficient (Wildman–Crippen LogP) is 1.90. The predicted molar refractivity (Wildman–Crippen MR) is 81.9 cm³/mol. The largest absolute Gasteiger partial charge is 0.384 e. The molecular formula is C15H23N3O2S. The van der Waals surface area contributed by atoms with Crippen molar-refractivity contribution >= 4 is 15.7 Å². The monoisotopic (exact) mass is 309 g/mol. The Balaban J connectivity index is 1.67. The smallest absolute Gasteiger partial charge is 0.152 e. The van der Waals surface area contributed by atoms with Crippen molar-refractivity contribution in [1.29, 1.82) is 0 Å². The highest BCUT2D eigenvalue weighted by Gasteiger charge is 2.47. The van der Waals surface area contributed by atoms with Crippen LogP contribution in [0.4, 0.5) is 5.82 Å². The highest BCUT2D eigenvalue weighted by molar-refractivity contribution is 7.91. The number of nitrogens with two attached hydrogens (primary N) is 1. The average molecular weight is 309 g/mol. The summed E-state index contributed by atoms with van der Waals surface area (Å²) in [6.07, 6.45) is 5.42. The van der Waals surface area contributed by atoms with Crippen molar-refractivity contribution in [3.05, 3.63) is 11.3 Å². The summed E-state index contributed by atoms with van der Waals surface area (Å²) in [7, 11) is -2.91. The second-order valence-corrected chi connectivity index (χ2v) is 9.26. The molecule has 0 bridgehead atoms. The van der Waals surface area contributed by atoms with Gasteiger partial charge in [-0.15, -0.1) is 0 Å². The van der Waals surface area contributed by atoms with Crippen LogP contribution < -0.4 is 5.73 Å². The Morgan fingerprint density at radius 3 is 2.57 bits per heavy atom. The van der Waals surface area contributed by atoms with Gasteiger partial charge in [0.15, 0.2) is 9.84 Å². The summed E-state index contributed by atoms with van der Waals surface area (Å²) < 4.78 is 25.2. The van der Waals surface area contributed by atoms with E-state index in [9.17, 15) is 8.42 Å². The molecule has 0 amide bonds. The zero-order valence-electron chi connectivity index (χ0n) is 12.5. The molecule has 2 N–H and O–H groups in total. The van der Waals surface area contributed by atoms with Crippen LogP contribution >= 0.6 is 0 Å². The molecule has 116 valence electrons. The number of fused-ring (bicyclic) bond motifs is 1. The maximum Gasteiger partial charge on any atom is 0.152 e. The number of anilines is 1. The quantitative estimate of drug-likeness (QED) is 0.925. The van der Waals surface area contributed by atoms with E-state index in [0.717, 1.165) is 29.5 Å². The summed E-state index contributed by atoms with van der Waals surface area (Å²) in [5, 5.41) is 4.79. The Morgan fingerprint density at radius 1 is 1.29 bits per heavy atom. The molecule has 1 aliphatic heterocycles. The van der Waals surface area contributed by atoms with Gasteiger partial charge in [-0.05, 0) is 43.9 Å². The highest BCUT2D eigenvalue weighted by Crippen LogP contribution is 2.58. The molecule has 1 aromatic heterocycles. The van der Waals surface area contributed by atoms with Crippen molar-refractivity contribution < 1.29 is 8.42 Å². The minimum Gasteiger partial charge on any atom is -0.384 e. The normalized spacial score (nSPS) is 36.8. The van der Waals surface area contributed by atoms with Gasteiger partial charge in [0.05, 0.1) is 23.2 Å². The van der Waals surface area contributed by atoms with Crippen molar-refractivity contribution in [3.63, 3.8) is 0 Å². The van der Waals surface area contributed by atoms with Gasteiger partial charge in [0.1, 0.15) is 5.82 Å². The molecule has 1 saturated heterocycles. The van der Waals surface area contributed by atoms with E-state index in [0.29, 0.717) is 18.2 Å². The summed E-state index contributed by atoms with van der Waals surface area (Å²) in [6, 6.07) is -0.0648. The Labute approximate surface area is 125 Å². The van der Waals surface area contributed by atoms with Crippen LogP contribution in [-0.4, -0.2) is 29.7 Å². The minimum atomic E-state index is -2.91. The zero-order chi connectivity index (χ0) is 14.8. The van der Waals surface area contributed by atoms with Crippen LogP contribution in [0.15, 0.2) is 0 Å². The van der Waals surface area contributed by atoms with Crippen LogP contribution in [0.1, 0.15) is 55.8 Å². The number of aromatic nitrogens is 2. The molecule has 21 heavy (non-hydrogen) atoms. The lowest BCUT2D eigenvalue weighted by Crippen LogP contribution is -2.15. The van der Waals surface area contributed by atoms with Gasteiger partial charge in [0.2, 0.25) is 0 Å². The van der Waals surface area contributed by atoms with Crippen LogP contribution in [-0.2, 0) is 16.3 Å². The summed E-state index contributed by atoms with van der Waals surface area (Å²) in [4.78, 5) is 0. The molecule has 2 saturated carbocycles. The van der Waals surface area contributed by atoms with Gasteiger partial charge in [-0.3, -0.25) is 0 Å². The standard InChI is InChI=1S/C15H23N3O2S/c1-2-13-14(11-6-9-5-10(9)7-11)17-18(15(13)16)12-3-4-21(19,20)8-12/h9-12H,2-8,16H2,1H3. The second-order valence-electron chi connectivity index (χ2n) is 7.03. The van der Waals surface area contributed by atoms with Gasteiger partial charge >= 0.3 is 0 Å². The first-order chi connectivity index (χ1) is 9.98. The van der Waals surface area contributed by atoms with Crippen LogP contribution in [0, 0.1) is 11.8 Å². The van der Waals surface area contributed by atoms with E-state index in [2.05, 4.69) is 6.92 Å². The summed E-state index contributed by atoms with van der Waals surface area (Å²) in [6.45, 7) is 2.11. The number of rotatable bonds is 3. The summed E-state index contributed by atoms with van der Waals surface area (Å²) >= 11 is 0. The lowest BCUT2D eigenvalue weighted by molar-refractivity contribution is 0.491. The molecule has 5 nitrogen and oxygen atoms in total. The summed E-state index contributed by atoms with van der Waals surface area (Å²) in [5.74, 6) is 3.54. The average Bonchev–Trinajstić information content (AvgIpc) is 2.79. The summed E-state index contributed by atoms with van der Waals surface area (Å²) in [5.41, 5.74) is 8.62. The van der Waals surface area contributed by atoms with Crippen LogP contribution in [0.3, 0.4) is 0 Å². The molecule has 3 fully saturated rings. The van der Waals surface area contributed by atoms with Gasteiger partial charge in [0.25, 0.3) is 0 Å². The number of hydrogen-bond acceptors (Lipinski definition) is 4. The molecule has 2 aliphatic carbocycles. The fourth-order valence-electron chi connectivity index (χ4n) is 4.37. The minimum absolute atomic E-state index is 0.0648. The third kappa shape index (κ3) is 2.18. The highest BCUT2D eigenvalue weighted by atomic mass is 32.2. The molecular weight excluding hydrogens is 286 g/mol. The SMILES string of the molecule is CCc1c(C2CC3CC3C2)nn(C2CCS(=O)(=O)C2)c1N. The van der Waals surface area contributed by atoms with Gasteiger partial charge < -0.3 is 5.73 Å². The van der Waals surface area contributed by atoms with E-state index in [4.69, 9.17) is 10.8 Å². The first kappa shape index (κ1) is 13.6. The van der Waals surface area contributed by atoms with Crippen LogP contribution in [0.25, 0.3) is 0 Å². The fraction of sp³-hybridized carbons (Fsp3) is 0.800. The number of sulfone groups is 1. The van der Waals surface area contributed by atoms with Crippen LogP contribution in [0.2, 0.25) is 0 Å². The molecule has 3 atom stereocenters. The van der Waals surface area contributed by atoms with Gasteiger partial charge in [-0.1, -0.05) is 6.92 Å². The van der Waals surface area contributed by atoms with Crippen molar-refractivity contribution in [2.24, 2.45) is 11.8 Å².